The van der Waals surface area contributed by atoms with Crippen LogP contribution in [0.1, 0.15) is 0 Å². The van der Waals surface area contributed by atoms with E-state index in [1.165, 1.54) is 24.1 Å². The fraction of sp³-hybridized carbons (Fsp3) is 0.250. The number of carbonyl (C=O) groups excluding carboxylic acids is 1. The van der Waals surface area contributed by atoms with Crippen LogP contribution in [-0.2, 0) is 0 Å². The van der Waals surface area contributed by atoms with Gasteiger partial charge in [0, 0.05) is 17.7 Å². The topological polar surface area (TPSA) is 111 Å². The Morgan fingerprint density at radius 3 is 2.47 bits per heavy atom. The lowest BCUT2D eigenvalue weighted by molar-refractivity contribution is -0.250. The van der Waals surface area contributed by atoms with Gasteiger partial charge in [-0.2, -0.15) is 13.2 Å². The molecule has 0 aliphatic rings. The smallest absolute Gasteiger partial charge is 0.422 e. The summed E-state index contributed by atoms with van der Waals surface area (Å²) < 4.78 is 54.3. The van der Waals surface area contributed by atoms with Crippen molar-refractivity contribution < 1.29 is 37.3 Å². The highest BCUT2D eigenvalue weighted by atomic mass is 19.4. The summed E-state index contributed by atoms with van der Waals surface area (Å²) in [5.74, 6) is 0.632. The number of methoxy groups -OCH3 is 1. The Balaban J connectivity index is 1.84. The third-order valence-electron chi connectivity index (χ3n) is 4.04. The first-order valence-electron chi connectivity index (χ1n) is 9.23. The van der Waals surface area contributed by atoms with E-state index in [0.29, 0.717) is 28.6 Å². The van der Waals surface area contributed by atoms with E-state index in [-0.39, 0.29) is 19.0 Å². The van der Waals surface area contributed by atoms with Crippen molar-refractivity contribution in [3.05, 3.63) is 48.7 Å². The molecule has 1 aromatic carbocycles. The Bertz CT molecular complexity index is 1040. The summed E-state index contributed by atoms with van der Waals surface area (Å²) in [5.41, 5.74) is 1.56. The fourth-order valence-electron chi connectivity index (χ4n) is 2.65. The van der Waals surface area contributed by atoms with Crippen LogP contribution in [0.25, 0.3) is 16.9 Å². The van der Waals surface area contributed by atoms with Gasteiger partial charge in [-0.3, -0.25) is 0 Å². The molecule has 0 radical (unpaired) electrons. The van der Waals surface area contributed by atoms with Gasteiger partial charge < -0.3 is 29.4 Å². The molecular weight excluding hydrogens is 433 g/mol. The number of amides is 1. The Morgan fingerprint density at radius 2 is 1.88 bits per heavy atom. The van der Waals surface area contributed by atoms with Crippen molar-refractivity contribution in [1.29, 1.82) is 0 Å². The monoisotopic (exact) mass is 451 g/mol. The van der Waals surface area contributed by atoms with Gasteiger partial charge in [0.1, 0.15) is 18.4 Å². The molecular formula is C20H18F3N4O5-. The van der Waals surface area contributed by atoms with Crippen LogP contribution in [0.2, 0.25) is 0 Å². The second-order valence-corrected chi connectivity index (χ2v) is 6.33. The minimum Gasteiger partial charge on any atom is -0.530 e. The first kappa shape index (κ1) is 22.7. The van der Waals surface area contributed by atoms with E-state index in [4.69, 9.17) is 14.2 Å². The zero-order valence-corrected chi connectivity index (χ0v) is 16.8. The first-order chi connectivity index (χ1) is 15.2. The van der Waals surface area contributed by atoms with Crippen molar-refractivity contribution in [2.45, 2.75) is 6.18 Å². The lowest BCUT2D eigenvalue weighted by atomic mass is 10.1. The normalized spacial score (nSPS) is 11.1. The molecule has 0 aliphatic heterocycles. The van der Waals surface area contributed by atoms with E-state index in [1.807, 2.05) is 0 Å². The maximum Gasteiger partial charge on any atom is 0.422 e. The van der Waals surface area contributed by atoms with Crippen molar-refractivity contribution in [3.63, 3.8) is 0 Å². The van der Waals surface area contributed by atoms with Gasteiger partial charge in [0.25, 0.3) is 0 Å². The van der Waals surface area contributed by atoms with Crippen molar-refractivity contribution in [2.24, 2.45) is 0 Å². The third kappa shape index (κ3) is 6.27. The maximum atomic E-state index is 12.6. The van der Waals surface area contributed by atoms with Gasteiger partial charge in [-0.05, 0) is 30.3 Å². The average molecular weight is 451 g/mol. The Kier molecular flexibility index (Phi) is 7.03. The van der Waals surface area contributed by atoms with Gasteiger partial charge in [-0.1, -0.05) is 0 Å². The number of aromatic nitrogens is 3. The predicted octanol–water partition coefficient (Wildman–Crippen LogP) is 2.20. The summed E-state index contributed by atoms with van der Waals surface area (Å²) in [6.45, 7) is -1.32. The van der Waals surface area contributed by atoms with Crippen LogP contribution in [0.5, 0.6) is 17.5 Å². The minimum absolute atomic E-state index is 0.0568. The number of nitrogens with zero attached hydrogens (tertiary/aromatic N) is 3. The molecule has 0 saturated carbocycles. The number of carbonyl (C=O) groups is 1. The molecule has 2 aromatic heterocycles. The number of pyridine rings is 1. The van der Waals surface area contributed by atoms with E-state index >= 15 is 0 Å². The molecule has 0 unspecified atom stereocenters. The maximum absolute atomic E-state index is 12.6. The molecule has 0 bridgehead atoms. The molecule has 0 atom stereocenters. The number of hydrogen-bond donors (Lipinski definition) is 1. The largest absolute Gasteiger partial charge is 0.530 e. The number of ether oxygens (including phenoxy) is 3. The summed E-state index contributed by atoms with van der Waals surface area (Å²) >= 11 is 0. The van der Waals surface area contributed by atoms with E-state index in [2.05, 4.69) is 15.4 Å². The van der Waals surface area contributed by atoms with Crippen LogP contribution in [0.4, 0.5) is 18.0 Å². The summed E-state index contributed by atoms with van der Waals surface area (Å²) in [7, 11) is 1.46. The van der Waals surface area contributed by atoms with E-state index in [0.717, 1.165) is 0 Å². The minimum atomic E-state index is -4.50. The molecule has 2 heterocycles. The molecule has 12 heteroatoms. The lowest BCUT2D eigenvalue weighted by Crippen LogP contribution is -2.38. The van der Waals surface area contributed by atoms with Crippen molar-refractivity contribution in [3.8, 4) is 34.5 Å². The van der Waals surface area contributed by atoms with Crippen molar-refractivity contribution in [2.75, 3.05) is 26.9 Å². The number of alkyl halides is 3. The highest BCUT2D eigenvalue weighted by Gasteiger charge is 2.29. The third-order valence-corrected chi connectivity index (χ3v) is 4.04. The van der Waals surface area contributed by atoms with E-state index < -0.39 is 18.9 Å². The SMILES string of the molecule is COc1ccc(-n2nc(OCC(F)(F)F)cc2-c2ccc(OCCNC(=O)[O-])cc2)cn1. The first-order valence-corrected chi connectivity index (χ1v) is 9.23. The number of hydrogen-bond acceptors (Lipinski definition) is 7. The molecule has 0 aliphatic carbocycles. The van der Waals surface area contributed by atoms with Gasteiger partial charge in [0.05, 0.1) is 31.2 Å². The van der Waals surface area contributed by atoms with Gasteiger partial charge in [0.15, 0.2) is 6.61 Å². The van der Waals surface area contributed by atoms with Crippen molar-refractivity contribution in [1.82, 2.24) is 20.1 Å². The number of nitrogens with one attached hydrogen (secondary N) is 1. The second kappa shape index (κ2) is 9.90. The average Bonchev–Trinajstić information content (AvgIpc) is 3.20. The second-order valence-electron chi connectivity index (χ2n) is 6.33. The van der Waals surface area contributed by atoms with Gasteiger partial charge in [-0.15, -0.1) is 5.10 Å². The Hall–Kier alpha value is -3.96. The Morgan fingerprint density at radius 1 is 1.12 bits per heavy atom. The highest BCUT2D eigenvalue weighted by Crippen LogP contribution is 2.29. The van der Waals surface area contributed by atoms with Crippen LogP contribution in [-0.4, -0.2) is 53.9 Å². The highest BCUT2D eigenvalue weighted by molar-refractivity contribution is 5.64. The molecule has 0 fully saturated rings. The molecule has 0 spiro atoms. The summed E-state index contributed by atoms with van der Waals surface area (Å²) in [5, 5.41) is 16.5. The molecule has 170 valence electrons. The van der Waals surface area contributed by atoms with Crippen LogP contribution >= 0.6 is 0 Å². The fourth-order valence-corrected chi connectivity index (χ4v) is 2.65. The summed E-state index contributed by atoms with van der Waals surface area (Å²) in [6.07, 6.45) is -4.44. The number of rotatable bonds is 9. The number of carboxylic acid groups (broad SMARTS) is 1. The van der Waals surface area contributed by atoms with E-state index in [9.17, 15) is 23.1 Å². The van der Waals surface area contributed by atoms with Crippen LogP contribution in [0.15, 0.2) is 48.7 Å². The Labute approximate surface area is 180 Å². The predicted molar refractivity (Wildman–Crippen MR) is 104 cm³/mol. The van der Waals surface area contributed by atoms with Gasteiger partial charge >= 0.3 is 6.18 Å². The summed E-state index contributed by atoms with van der Waals surface area (Å²) in [6, 6.07) is 11.3. The zero-order valence-electron chi connectivity index (χ0n) is 16.8. The summed E-state index contributed by atoms with van der Waals surface area (Å²) in [4.78, 5) is 14.4. The van der Waals surface area contributed by atoms with Crippen LogP contribution in [0.3, 0.4) is 0 Å². The number of halogens is 3. The quantitative estimate of drug-likeness (QED) is 0.497. The van der Waals surface area contributed by atoms with E-state index in [1.54, 1.807) is 36.4 Å². The zero-order chi connectivity index (χ0) is 23.1. The lowest BCUT2D eigenvalue weighted by Gasteiger charge is -2.10. The standard InChI is InChI=1S/C20H19F3N4O5/c1-30-17-7-4-14(11-25-17)27-16(10-18(26-27)32-12-20(21,22)23)13-2-5-15(6-3-13)31-9-8-24-19(28)29/h2-7,10-11,24H,8-9,12H2,1H3,(H,28,29)/p-1. The van der Waals surface area contributed by atoms with Crippen LogP contribution in [0, 0.1) is 0 Å². The van der Waals surface area contributed by atoms with Gasteiger partial charge in [-0.25, -0.2) is 9.67 Å². The molecule has 3 aromatic rings. The molecule has 0 saturated heterocycles. The van der Waals surface area contributed by atoms with Crippen molar-refractivity contribution >= 4 is 6.09 Å². The number of benzene rings is 1. The molecule has 9 nitrogen and oxygen atoms in total. The molecule has 3 rings (SSSR count). The van der Waals surface area contributed by atoms with Crippen LogP contribution < -0.4 is 24.6 Å². The molecule has 32 heavy (non-hydrogen) atoms. The molecule has 1 amide bonds. The van der Waals surface area contributed by atoms with Gasteiger partial charge in [0.2, 0.25) is 11.8 Å². The molecule has 1 N–H and O–H groups in total.